The summed E-state index contributed by atoms with van der Waals surface area (Å²) in [6.45, 7) is 1.60. The Morgan fingerprint density at radius 1 is 1.07 bits per heavy atom. The van der Waals surface area contributed by atoms with Gasteiger partial charge in [-0.1, -0.05) is 41.9 Å². The third-order valence-electron chi connectivity index (χ3n) is 5.34. The van der Waals surface area contributed by atoms with Gasteiger partial charge in [0.15, 0.2) is 0 Å². The summed E-state index contributed by atoms with van der Waals surface area (Å²) in [5.74, 6) is -0.292. The molecular weight excluding hydrogens is 391 g/mol. The molecule has 0 saturated carbocycles. The van der Waals surface area contributed by atoms with Crippen LogP contribution in [0.25, 0.3) is 11.1 Å². The molecule has 4 N–H and O–H groups in total. The zero-order valence-corrected chi connectivity index (χ0v) is 16.1. The van der Waals surface area contributed by atoms with Crippen molar-refractivity contribution in [2.75, 3.05) is 19.8 Å². The summed E-state index contributed by atoms with van der Waals surface area (Å²) in [6, 6.07) is 11.3. The lowest BCUT2D eigenvalue weighted by Gasteiger charge is -2.46. The maximum Gasteiger partial charge on any atom is 0.573 e. The summed E-state index contributed by atoms with van der Waals surface area (Å²) in [4.78, 5) is 2.14. The summed E-state index contributed by atoms with van der Waals surface area (Å²) >= 11 is 6.51. The second kappa shape index (κ2) is 8.29. The first-order valence-corrected chi connectivity index (χ1v) is 9.49. The first-order chi connectivity index (χ1) is 13.3. The Hall–Kier alpha value is -1.80. The van der Waals surface area contributed by atoms with Crippen molar-refractivity contribution in [1.82, 2.24) is 4.90 Å². The van der Waals surface area contributed by atoms with Crippen LogP contribution in [0.4, 0.5) is 13.2 Å². The number of nitrogens with two attached hydrogens (primary N) is 2. The molecule has 1 unspecified atom stereocenters. The van der Waals surface area contributed by atoms with E-state index in [1.807, 2.05) is 6.07 Å². The average molecular weight is 414 g/mol. The van der Waals surface area contributed by atoms with Gasteiger partial charge in [0.2, 0.25) is 0 Å². The fraction of sp³-hybridized carbons (Fsp3) is 0.400. The number of alkyl halides is 3. The number of piperidine rings is 1. The van der Waals surface area contributed by atoms with Crippen LogP contribution >= 0.6 is 11.6 Å². The van der Waals surface area contributed by atoms with Gasteiger partial charge < -0.3 is 16.2 Å². The van der Waals surface area contributed by atoms with E-state index in [1.54, 1.807) is 24.3 Å². The van der Waals surface area contributed by atoms with Gasteiger partial charge in [-0.3, -0.25) is 4.90 Å². The maximum absolute atomic E-state index is 12.7. The van der Waals surface area contributed by atoms with Crippen molar-refractivity contribution < 1.29 is 17.9 Å². The van der Waals surface area contributed by atoms with Gasteiger partial charge in [0.25, 0.3) is 0 Å². The van der Waals surface area contributed by atoms with E-state index in [-0.39, 0.29) is 11.3 Å². The molecule has 152 valence electrons. The molecule has 1 fully saturated rings. The number of hydrogen-bond donors (Lipinski definition) is 2. The highest BCUT2D eigenvalue weighted by Gasteiger charge is 2.39. The van der Waals surface area contributed by atoms with Crippen LogP contribution < -0.4 is 16.2 Å². The lowest BCUT2D eigenvalue weighted by Crippen LogP contribution is -2.55. The van der Waals surface area contributed by atoms with Crippen LogP contribution in [0.2, 0.25) is 5.02 Å². The molecule has 2 aromatic carbocycles. The van der Waals surface area contributed by atoms with Gasteiger partial charge in [0, 0.05) is 35.9 Å². The van der Waals surface area contributed by atoms with E-state index in [2.05, 4.69) is 9.64 Å². The fourth-order valence-corrected chi connectivity index (χ4v) is 4.24. The van der Waals surface area contributed by atoms with Gasteiger partial charge in [-0.15, -0.1) is 13.2 Å². The van der Waals surface area contributed by atoms with Crippen LogP contribution in [0.15, 0.2) is 42.5 Å². The summed E-state index contributed by atoms with van der Waals surface area (Å²) in [7, 11) is 0. The minimum absolute atomic E-state index is 0.275. The number of benzene rings is 2. The molecule has 1 heterocycles. The Morgan fingerprint density at radius 2 is 1.82 bits per heavy atom. The van der Waals surface area contributed by atoms with Crippen LogP contribution in [0.5, 0.6) is 5.75 Å². The zero-order chi connectivity index (χ0) is 20.4. The highest BCUT2D eigenvalue weighted by atomic mass is 35.5. The van der Waals surface area contributed by atoms with Crippen molar-refractivity contribution in [3.8, 4) is 16.9 Å². The Labute approximate surface area is 167 Å². The molecule has 0 bridgehead atoms. The molecule has 2 aromatic rings. The van der Waals surface area contributed by atoms with Crippen molar-refractivity contribution in [1.29, 1.82) is 0 Å². The van der Waals surface area contributed by atoms with E-state index in [1.165, 1.54) is 12.1 Å². The van der Waals surface area contributed by atoms with Crippen LogP contribution in [0, 0.1) is 0 Å². The topological polar surface area (TPSA) is 64.5 Å². The van der Waals surface area contributed by atoms with Gasteiger partial charge in [-0.05, 0) is 37.0 Å². The SMILES string of the molecule is NCN1CCCCC1(CN)c1ccc(-c2ccccc2OC(F)(F)F)c(Cl)c1. The molecule has 8 heteroatoms. The minimum atomic E-state index is -4.78. The van der Waals surface area contributed by atoms with Crippen molar-refractivity contribution in [3.63, 3.8) is 0 Å². The summed E-state index contributed by atoms with van der Waals surface area (Å²) < 4.78 is 42.4. The summed E-state index contributed by atoms with van der Waals surface area (Å²) in [5.41, 5.74) is 13.3. The van der Waals surface area contributed by atoms with E-state index >= 15 is 0 Å². The van der Waals surface area contributed by atoms with Crippen molar-refractivity contribution >= 4 is 11.6 Å². The highest BCUT2D eigenvalue weighted by molar-refractivity contribution is 6.33. The van der Waals surface area contributed by atoms with Crippen LogP contribution in [-0.2, 0) is 5.54 Å². The molecule has 1 saturated heterocycles. The number of hydrogen-bond acceptors (Lipinski definition) is 4. The van der Waals surface area contributed by atoms with E-state index in [4.69, 9.17) is 23.1 Å². The molecule has 4 nitrogen and oxygen atoms in total. The number of nitrogens with zero attached hydrogens (tertiary/aromatic N) is 1. The number of rotatable bonds is 5. The Kier molecular flexibility index (Phi) is 6.19. The molecule has 1 aliphatic rings. The molecule has 0 spiro atoms. The standard InChI is InChI=1S/C20H23ClF3N3O/c21-17-11-14(19(12-25)9-3-4-10-27(19)13-26)7-8-15(17)16-5-1-2-6-18(16)28-20(22,23)24/h1-2,5-8,11H,3-4,9-10,12-13,25-26H2. The normalized spacial score (nSPS) is 20.9. The fourth-order valence-electron chi connectivity index (χ4n) is 3.96. The number of ether oxygens (including phenoxy) is 1. The third-order valence-corrected chi connectivity index (χ3v) is 5.65. The smallest absolute Gasteiger partial charge is 0.405 e. The molecule has 1 atom stereocenters. The summed E-state index contributed by atoms with van der Waals surface area (Å²) in [5, 5.41) is 0.339. The lowest BCUT2D eigenvalue weighted by molar-refractivity contribution is -0.274. The van der Waals surface area contributed by atoms with Crippen molar-refractivity contribution in [2.24, 2.45) is 11.5 Å². The number of halogens is 4. The molecule has 3 rings (SSSR count). The highest BCUT2D eigenvalue weighted by Crippen LogP contribution is 2.42. The van der Waals surface area contributed by atoms with E-state index in [9.17, 15) is 13.2 Å². The number of likely N-dealkylation sites (tertiary alicyclic amines) is 1. The quantitative estimate of drug-likeness (QED) is 0.759. The monoisotopic (exact) mass is 413 g/mol. The largest absolute Gasteiger partial charge is 0.573 e. The predicted molar refractivity (Wildman–Crippen MR) is 104 cm³/mol. The Bertz CT molecular complexity index is 831. The second-order valence-electron chi connectivity index (χ2n) is 6.88. The second-order valence-corrected chi connectivity index (χ2v) is 7.28. The van der Waals surface area contributed by atoms with Crippen LogP contribution in [0.1, 0.15) is 24.8 Å². The van der Waals surface area contributed by atoms with Crippen LogP contribution in [-0.4, -0.2) is 31.0 Å². The van der Waals surface area contributed by atoms with Crippen molar-refractivity contribution in [3.05, 3.63) is 53.1 Å². The molecule has 0 radical (unpaired) electrons. The van der Waals surface area contributed by atoms with Gasteiger partial charge in [0.05, 0.1) is 5.54 Å². The molecular formula is C20H23ClF3N3O. The maximum atomic E-state index is 12.7. The molecule has 0 amide bonds. The average Bonchev–Trinajstić information content (AvgIpc) is 2.67. The third kappa shape index (κ3) is 4.12. The van der Waals surface area contributed by atoms with Gasteiger partial charge in [-0.25, -0.2) is 0 Å². The van der Waals surface area contributed by atoms with Gasteiger partial charge in [-0.2, -0.15) is 0 Å². The predicted octanol–water partition coefficient (Wildman–Crippen LogP) is 4.46. The first-order valence-electron chi connectivity index (χ1n) is 9.11. The molecule has 0 aliphatic carbocycles. The molecule has 1 aliphatic heterocycles. The Morgan fingerprint density at radius 3 is 2.46 bits per heavy atom. The molecule has 0 aromatic heterocycles. The summed E-state index contributed by atoms with van der Waals surface area (Å²) in [6.07, 6.45) is -1.86. The number of para-hydroxylation sites is 1. The van der Waals surface area contributed by atoms with Crippen LogP contribution in [0.3, 0.4) is 0 Å². The minimum Gasteiger partial charge on any atom is -0.405 e. The van der Waals surface area contributed by atoms with E-state index < -0.39 is 11.9 Å². The van der Waals surface area contributed by atoms with E-state index in [0.717, 1.165) is 31.4 Å². The Balaban J connectivity index is 2.02. The van der Waals surface area contributed by atoms with Crippen molar-refractivity contribution in [2.45, 2.75) is 31.2 Å². The van der Waals surface area contributed by atoms with E-state index in [0.29, 0.717) is 23.8 Å². The van der Waals surface area contributed by atoms with Gasteiger partial charge in [0.1, 0.15) is 5.75 Å². The van der Waals surface area contributed by atoms with Gasteiger partial charge >= 0.3 is 6.36 Å². The lowest BCUT2D eigenvalue weighted by atomic mass is 9.80. The first kappa shape index (κ1) is 20.9. The molecule has 28 heavy (non-hydrogen) atoms. The zero-order valence-electron chi connectivity index (χ0n) is 15.3.